The van der Waals surface area contributed by atoms with E-state index in [4.69, 9.17) is 4.74 Å². The lowest BCUT2D eigenvalue weighted by Gasteiger charge is -2.39. The predicted molar refractivity (Wildman–Crippen MR) is 97.3 cm³/mol. The Morgan fingerprint density at radius 2 is 1.54 bits per heavy atom. The second-order valence-electron chi connectivity index (χ2n) is 6.45. The number of hydrogen-bond acceptors (Lipinski definition) is 3. The third-order valence-corrected chi connectivity index (χ3v) is 5.18. The average molecular weight is 338 g/mol. The zero-order valence-electron chi connectivity index (χ0n) is 13.8. The van der Waals surface area contributed by atoms with Gasteiger partial charge in [-0.2, -0.15) is 5.26 Å². The zero-order valence-corrected chi connectivity index (χ0v) is 13.8. The number of para-hydroxylation sites is 1. The molecule has 26 heavy (non-hydrogen) atoms. The molecule has 0 radical (unpaired) electrons. The molecule has 124 valence electrons. The van der Waals surface area contributed by atoms with Crippen LogP contribution >= 0.6 is 0 Å². The minimum Gasteiger partial charge on any atom is -0.437 e. The van der Waals surface area contributed by atoms with Gasteiger partial charge in [-0.25, -0.2) is 9.69 Å². The minimum atomic E-state index is -1.23. The summed E-state index contributed by atoms with van der Waals surface area (Å²) in [5, 5.41) is 10.3. The van der Waals surface area contributed by atoms with Crippen molar-refractivity contribution >= 4 is 11.8 Å². The maximum Gasteiger partial charge on any atom is 0.416 e. The van der Waals surface area contributed by atoms with E-state index in [-0.39, 0.29) is 0 Å². The van der Waals surface area contributed by atoms with Crippen LogP contribution < -0.4 is 4.90 Å². The van der Waals surface area contributed by atoms with Crippen molar-refractivity contribution in [1.29, 1.82) is 5.26 Å². The summed E-state index contributed by atoms with van der Waals surface area (Å²) in [4.78, 5) is 14.4. The summed E-state index contributed by atoms with van der Waals surface area (Å²) in [7, 11) is 0. The standard InChI is InChI=1S/C22H14N2O2/c23-14-22-18-12-6-4-10-16(18)17-11-5-7-13-19(17)24(22)21(25)26-20(22)15-8-2-1-3-9-15/h1-13,20H. The van der Waals surface area contributed by atoms with Crippen LogP contribution in [-0.2, 0) is 10.3 Å². The number of hydrogen-bond donors (Lipinski definition) is 0. The highest BCUT2D eigenvalue weighted by Gasteiger charge is 2.61. The van der Waals surface area contributed by atoms with Gasteiger partial charge in [-0.3, -0.25) is 0 Å². The van der Waals surface area contributed by atoms with Crippen LogP contribution in [0.25, 0.3) is 11.1 Å². The number of fused-ring (bicyclic) bond motifs is 6. The highest BCUT2D eigenvalue weighted by Crippen LogP contribution is 2.57. The van der Waals surface area contributed by atoms with Gasteiger partial charge in [0.2, 0.25) is 5.54 Å². The second-order valence-corrected chi connectivity index (χ2v) is 6.45. The van der Waals surface area contributed by atoms with Crippen molar-refractivity contribution in [3.63, 3.8) is 0 Å². The fourth-order valence-corrected chi connectivity index (χ4v) is 4.10. The minimum absolute atomic E-state index is 0.498. The lowest BCUT2D eigenvalue weighted by Crippen LogP contribution is -2.47. The quantitative estimate of drug-likeness (QED) is 0.641. The van der Waals surface area contributed by atoms with Crippen molar-refractivity contribution in [1.82, 2.24) is 0 Å². The molecule has 1 fully saturated rings. The number of cyclic esters (lactones) is 1. The Balaban J connectivity index is 1.87. The molecular weight excluding hydrogens is 324 g/mol. The number of amides is 1. The molecule has 2 heterocycles. The lowest BCUT2D eigenvalue weighted by molar-refractivity contribution is 0.121. The molecule has 1 amide bonds. The number of benzene rings is 3. The fourth-order valence-electron chi connectivity index (χ4n) is 4.10. The molecule has 3 aromatic rings. The molecule has 2 unspecified atom stereocenters. The van der Waals surface area contributed by atoms with Gasteiger partial charge in [0.15, 0.2) is 6.10 Å². The van der Waals surface area contributed by atoms with E-state index >= 15 is 0 Å². The van der Waals surface area contributed by atoms with Gasteiger partial charge in [0.1, 0.15) is 6.07 Å². The van der Waals surface area contributed by atoms with Crippen LogP contribution in [0.3, 0.4) is 0 Å². The van der Waals surface area contributed by atoms with Gasteiger partial charge in [-0.15, -0.1) is 0 Å². The Morgan fingerprint density at radius 3 is 2.31 bits per heavy atom. The molecule has 3 aromatic carbocycles. The van der Waals surface area contributed by atoms with Gasteiger partial charge in [-0.05, 0) is 17.2 Å². The van der Waals surface area contributed by atoms with Crippen LogP contribution in [0.5, 0.6) is 0 Å². The van der Waals surface area contributed by atoms with E-state index in [0.717, 1.165) is 22.3 Å². The number of rotatable bonds is 1. The SMILES string of the molecule is N#CC12c3ccccc3-c3ccccc3N1C(=O)OC2c1ccccc1. The third kappa shape index (κ3) is 1.69. The summed E-state index contributed by atoms with van der Waals surface area (Å²) < 4.78 is 5.77. The summed E-state index contributed by atoms with van der Waals surface area (Å²) in [6.07, 6.45) is -1.20. The van der Waals surface area contributed by atoms with Crippen LogP contribution in [0.2, 0.25) is 0 Å². The molecule has 2 atom stereocenters. The Morgan fingerprint density at radius 1 is 0.885 bits per heavy atom. The van der Waals surface area contributed by atoms with Crippen LogP contribution in [0.1, 0.15) is 17.2 Å². The van der Waals surface area contributed by atoms with E-state index in [2.05, 4.69) is 6.07 Å². The van der Waals surface area contributed by atoms with Crippen molar-refractivity contribution < 1.29 is 9.53 Å². The van der Waals surface area contributed by atoms with Gasteiger partial charge in [0.05, 0.1) is 5.69 Å². The van der Waals surface area contributed by atoms with Gasteiger partial charge in [0, 0.05) is 11.1 Å². The third-order valence-electron chi connectivity index (χ3n) is 5.18. The molecule has 2 aliphatic rings. The van der Waals surface area contributed by atoms with Crippen molar-refractivity contribution in [3.05, 3.63) is 90.0 Å². The first-order chi connectivity index (χ1) is 12.8. The summed E-state index contributed by atoms with van der Waals surface area (Å²) in [6.45, 7) is 0. The molecule has 0 spiro atoms. The Bertz CT molecular complexity index is 1070. The molecule has 0 aliphatic carbocycles. The highest BCUT2D eigenvalue weighted by atomic mass is 16.6. The first kappa shape index (κ1) is 14.7. The second kappa shape index (κ2) is 5.21. The summed E-state index contributed by atoms with van der Waals surface area (Å²) >= 11 is 0. The van der Waals surface area contributed by atoms with Crippen LogP contribution in [0.4, 0.5) is 10.5 Å². The van der Waals surface area contributed by atoms with E-state index in [9.17, 15) is 10.1 Å². The summed E-state index contributed by atoms with van der Waals surface area (Å²) in [5.74, 6) is 0. The molecule has 0 bridgehead atoms. The molecule has 0 N–H and O–H groups in total. The number of nitrogens with zero attached hydrogens (tertiary/aromatic N) is 2. The molecular formula is C22H14N2O2. The Labute approximate surface area is 150 Å². The van der Waals surface area contributed by atoms with Gasteiger partial charge < -0.3 is 4.74 Å². The van der Waals surface area contributed by atoms with Gasteiger partial charge in [-0.1, -0.05) is 72.8 Å². The monoisotopic (exact) mass is 338 g/mol. The van der Waals surface area contributed by atoms with E-state index < -0.39 is 17.7 Å². The molecule has 2 aliphatic heterocycles. The van der Waals surface area contributed by atoms with Crippen LogP contribution in [-0.4, -0.2) is 6.09 Å². The van der Waals surface area contributed by atoms with Crippen molar-refractivity contribution in [2.75, 3.05) is 4.90 Å². The van der Waals surface area contributed by atoms with Crippen LogP contribution in [0.15, 0.2) is 78.9 Å². The van der Waals surface area contributed by atoms with E-state index in [1.807, 2.05) is 78.9 Å². The van der Waals surface area contributed by atoms with E-state index in [1.54, 1.807) is 0 Å². The number of ether oxygens (including phenoxy) is 1. The van der Waals surface area contributed by atoms with Crippen molar-refractivity contribution in [2.45, 2.75) is 11.6 Å². The highest BCUT2D eigenvalue weighted by molar-refractivity contribution is 6.02. The van der Waals surface area contributed by atoms with Crippen LogP contribution in [0, 0.1) is 11.3 Å². The summed E-state index contributed by atoms with van der Waals surface area (Å²) in [6, 6.07) is 27.3. The van der Waals surface area contributed by atoms with Gasteiger partial charge in [0.25, 0.3) is 0 Å². The predicted octanol–water partition coefficient (Wildman–Crippen LogP) is 4.78. The molecule has 5 rings (SSSR count). The zero-order chi connectivity index (χ0) is 17.7. The molecule has 0 saturated carbocycles. The van der Waals surface area contributed by atoms with E-state index in [0.29, 0.717) is 5.69 Å². The molecule has 0 aromatic heterocycles. The maximum absolute atomic E-state index is 12.9. The number of anilines is 1. The molecule has 4 heteroatoms. The van der Waals surface area contributed by atoms with Crippen molar-refractivity contribution in [2.24, 2.45) is 0 Å². The van der Waals surface area contributed by atoms with E-state index in [1.165, 1.54) is 4.90 Å². The van der Waals surface area contributed by atoms with Gasteiger partial charge >= 0.3 is 6.09 Å². The normalized spacial score (nSPS) is 22.7. The topological polar surface area (TPSA) is 53.3 Å². The smallest absolute Gasteiger partial charge is 0.416 e. The number of carbonyl (C=O) groups excluding carboxylic acids is 1. The lowest BCUT2D eigenvalue weighted by atomic mass is 9.75. The average Bonchev–Trinajstić information content (AvgIpc) is 3.03. The number of carbonyl (C=O) groups is 1. The largest absolute Gasteiger partial charge is 0.437 e. The first-order valence-corrected chi connectivity index (χ1v) is 8.43. The Kier molecular flexibility index (Phi) is 2.95. The summed E-state index contributed by atoms with van der Waals surface area (Å²) in [5.41, 5.74) is 2.96. The van der Waals surface area contributed by atoms with Crippen molar-refractivity contribution in [3.8, 4) is 17.2 Å². The first-order valence-electron chi connectivity index (χ1n) is 8.43. The molecule has 1 saturated heterocycles. The fraction of sp³-hybridized carbons (Fsp3) is 0.0909. The number of nitriles is 1. The maximum atomic E-state index is 12.9. The molecule has 4 nitrogen and oxygen atoms in total. The Hall–Kier alpha value is -3.58.